The highest BCUT2D eigenvalue weighted by atomic mass is 16.1. The number of anilines is 1. The van der Waals surface area contributed by atoms with Crippen LogP contribution in [0.3, 0.4) is 0 Å². The molecule has 2 aromatic rings. The molecule has 0 aliphatic carbocycles. The summed E-state index contributed by atoms with van der Waals surface area (Å²) in [5.41, 5.74) is 5.87. The summed E-state index contributed by atoms with van der Waals surface area (Å²) >= 11 is 0. The first-order valence-corrected chi connectivity index (χ1v) is 7.08. The van der Waals surface area contributed by atoms with Gasteiger partial charge in [0.2, 0.25) is 0 Å². The summed E-state index contributed by atoms with van der Waals surface area (Å²) in [6.07, 6.45) is 0.613. The molecule has 0 unspecified atom stereocenters. The molecule has 1 heterocycles. The van der Waals surface area contributed by atoms with Crippen molar-refractivity contribution in [2.75, 3.05) is 11.4 Å². The van der Waals surface area contributed by atoms with Crippen LogP contribution in [0.4, 0.5) is 5.69 Å². The molecule has 2 aromatic carbocycles. The number of ketones is 1. The lowest BCUT2D eigenvalue weighted by atomic mass is 9.98. The molecule has 0 atom stereocenters. The molecular formula is C18H19NO. The average Bonchev–Trinajstić information content (AvgIpc) is 2.46. The maximum absolute atomic E-state index is 12.0. The molecule has 102 valence electrons. The zero-order chi connectivity index (χ0) is 14.1. The van der Waals surface area contributed by atoms with Crippen molar-refractivity contribution in [1.29, 1.82) is 0 Å². The molecule has 0 saturated heterocycles. The Kier molecular flexibility index (Phi) is 3.31. The van der Waals surface area contributed by atoms with Crippen LogP contribution in [0.15, 0.2) is 42.5 Å². The summed E-state index contributed by atoms with van der Waals surface area (Å²) in [5, 5.41) is 0. The van der Waals surface area contributed by atoms with Crippen LogP contribution in [-0.2, 0) is 6.54 Å². The first-order chi connectivity index (χ1) is 9.65. The predicted octanol–water partition coefficient (Wildman–Crippen LogP) is 3.90. The van der Waals surface area contributed by atoms with Crippen LogP contribution in [0, 0.1) is 13.8 Å². The van der Waals surface area contributed by atoms with E-state index in [9.17, 15) is 4.79 Å². The fourth-order valence-corrected chi connectivity index (χ4v) is 2.82. The summed E-state index contributed by atoms with van der Waals surface area (Å²) in [4.78, 5) is 14.3. The normalized spacial score (nSPS) is 14.3. The molecule has 0 amide bonds. The number of para-hydroxylation sites is 1. The second-order valence-corrected chi connectivity index (χ2v) is 5.54. The Bertz CT molecular complexity index is 660. The fraction of sp³-hybridized carbons (Fsp3) is 0.278. The maximum atomic E-state index is 12.0. The lowest BCUT2D eigenvalue weighted by Crippen LogP contribution is -2.31. The van der Waals surface area contributed by atoms with Gasteiger partial charge in [-0.25, -0.2) is 0 Å². The molecule has 0 spiro atoms. The van der Waals surface area contributed by atoms with E-state index in [4.69, 9.17) is 0 Å². The van der Waals surface area contributed by atoms with E-state index in [0.29, 0.717) is 6.42 Å². The van der Waals surface area contributed by atoms with Crippen molar-refractivity contribution >= 4 is 11.5 Å². The minimum atomic E-state index is 0.262. The molecule has 0 aromatic heterocycles. The molecule has 2 nitrogen and oxygen atoms in total. The van der Waals surface area contributed by atoms with E-state index in [1.165, 1.54) is 16.7 Å². The summed E-state index contributed by atoms with van der Waals surface area (Å²) in [5.74, 6) is 0.262. The second-order valence-electron chi connectivity index (χ2n) is 5.54. The van der Waals surface area contributed by atoms with Gasteiger partial charge in [0.05, 0.1) is 0 Å². The maximum Gasteiger partial charge on any atom is 0.166 e. The van der Waals surface area contributed by atoms with E-state index in [-0.39, 0.29) is 5.78 Å². The predicted molar refractivity (Wildman–Crippen MR) is 82.4 cm³/mol. The number of nitrogens with zero attached hydrogens (tertiary/aromatic N) is 1. The highest BCUT2D eigenvalue weighted by Crippen LogP contribution is 2.28. The summed E-state index contributed by atoms with van der Waals surface area (Å²) in [6.45, 7) is 5.95. The van der Waals surface area contributed by atoms with Crippen LogP contribution in [0.1, 0.15) is 33.5 Å². The fourth-order valence-electron chi connectivity index (χ4n) is 2.82. The lowest BCUT2D eigenvalue weighted by Gasteiger charge is -2.31. The van der Waals surface area contributed by atoms with Crippen molar-refractivity contribution in [2.45, 2.75) is 26.8 Å². The van der Waals surface area contributed by atoms with Gasteiger partial charge in [0.15, 0.2) is 5.78 Å². The zero-order valence-electron chi connectivity index (χ0n) is 12.0. The minimum Gasteiger partial charge on any atom is -0.366 e. The van der Waals surface area contributed by atoms with Gasteiger partial charge in [-0.2, -0.15) is 0 Å². The third kappa shape index (κ3) is 2.34. The average molecular weight is 265 g/mol. The number of Topliss-reactive ketones (excluding diaryl/α,β-unsaturated/α-hetero) is 1. The van der Waals surface area contributed by atoms with Gasteiger partial charge in [0.1, 0.15) is 0 Å². The van der Waals surface area contributed by atoms with E-state index < -0.39 is 0 Å². The molecule has 3 rings (SSSR count). The van der Waals surface area contributed by atoms with Gasteiger partial charge in [0, 0.05) is 30.8 Å². The van der Waals surface area contributed by atoms with Gasteiger partial charge >= 0.3 is 0 Å². The van der Waals surface area contributed by atoms with Gasteiger partial charge in [-0.05, 0) is 37.1 Å². The SMILES string of the molecule is Cc1ccc(C)c(CN2CCC(=O)c3ccccc32)c1. The largest absolute Gasteiger partial charge is 0.366 e. The van der Waals surface area contributed by atoms with Crippen molar-refractivity contribution in [2.24, 2.45) is 0 Å². The standard InChI is InChI=1S/C18H19NO/c1-13-7-8-14(2)15(11-13)12-19-10-9-18(20)16-5-3-4-6-17(16)19/h3-8,11H,9-10,12H2,1-2H3. The van der Waals surface area contributed by atoms with Gasteiger partial charge in [-0.15, -0.1) is 0 Å². The third-order valence-electron chi connectivity index (χ3n) is 4.02. The monoisotopic (exact) mass is 265 g/mol. The van der Waals surface area contributed by atoms with Gasteiger partial charge < -0.3 is 4.90 Å². The Labute approximate surface area is 120 Å². The molecular weight excluding hydrogens is 246 g/mol. The minimum absolute atomic E-state index is 0.262. The van der Waals surface area contributed by atoms with E-state index >= 15 is 0 Å². The van der Waals surface area contributed by atoms with Crippen LogP contribution in [-0.4, -0.2) is 12.3 Å². The van der Waals surface area contributed by atoms with Gasteiger partial charge in [0.25, 0.3) is 0 Å². The number of hydrogen-bond acceptors (Lipinski definition) is 2. The topological polar surface area (TPSA) is 20.3 Å². The van der Waals surface area contributed by atoms with Gasteiger partial charge in [-0.3, -0.25) is 4.79 Å². The van der Waals surface area contributed by atoms with Crippen molar-refractivity contribution in [3.63, 3.8) is 0 Å². The highest BCUT2D eigenvalue weighted by molar-refractivity contribution is 6.03. The van der Waals surface area contributed by atoms with Crippen molar-refractivity contribution in [3.8, 4) is 0 Å². The number of aryl methyl sites for hydroxylation is 2. The number of benzene rings is 2. The quantitative estimate of drug-likeness (QED) is 0.821. The summed E-state index contributed by atoms with van der Waals surface area (Å²) in [6, 6.07) is 14.5. The summed E-state index contributed by atoms with van der Waals surface area (Å²) in [7, 11) is 0. The number of carbonyl (C=O) groups is 1. The van der Waals surface area contributed by atoms with E-state index in [1.54, 1.807) is 0 Å². The number of fused-ring (bicyclic) bond motifs is 1. The molecule has 1 aliphatic rings. The molecule has 2 heteroatoms. The van der Waals surface area contributed by atoms with E-state index in [2.05, 4.69) is 43.0 Å². The third-order valence-corrected chi connectivity index (χ3v) is 4.02. The Morgan fingerprint density at radius 1 is 1.10 bits per heavy atom. The smallest absolute Gasteiger partial charge is 0.166 e. The molecule has 20 heavy (non-hydrogen) atoms. The molecule has 0 saturated carbocycles. The molecule has 0 fully saturated rings. The molecule has 0 N–H and O–H groups in total. The second kappa shape index (κ2) is 5.12. The van der Waals surface area contributed by atoms with E-state index in [0.717, 1.165) is 24.3 Å². The number of carbonyl (C=O) groups excluding carboxylic acids is 1. The van der Waals surface area contributed by atoms with Crippen LogP contribution < -0.4 is 4.90 Å². The van der Waals surface area contributed by atoms with Crippen LogP contribution in [0.5, 0.6) is 0 Å². The molecule has 1 aliphatic heterocycles. The lowest BCUT2D eigenvalue weighted by molar-refractivity contribution is 0.0979. The zero-order valence-corrected chi connectivity index (χ0v) is 12.0. The Balaban J connectivity index is 1.94. The van der Waals surface area contributed by atoms with Crippen LogP contribution in [0.2, 0.25) is 0 Å². The first-order valence-electron chi connectivity index (χ1n) is 7.08. The number of hydrogen-bond donors (Lipinski definition) is 0. The van der Waals surface area contributed by atoms with E-state index in [1.807, 2.05) is 18.2 Å². The molecule has 0 bridgehead atoms. The number of rotatable bonds is 2. The van der Waals surface area contributed by atoms with Crippen molar-refractivity contribution in [3.05, 3.63) is 64.7 Å². The van der Waals surface area contributed by atoms with Crippen molar-refractivity contribution in [1.82, 2.24) is 0 Å². The Morgan fingerprint density at radius 3 is 2.75 bits per heavy atom. The first kappa shape index (κ1) is 12.9. The van der Waals surface area contributed by atoms with Gasteiger partial charge in [-0.1, -0.05) is 35.9 Å². The van der Waals surface area contributed by atoms with Crippen LogP contribution >= 0.6 is 0 Å². The highest BCUT2D eigenvalue weighted by Gasteiger charge is 2.22. The van der Waals surface area contributed by atoms with Crippen molar-refractivity contribution < 1.29 is 4.79 Å². The van der Waals surface area contributed by atoms with Crippen LogP contribution in [0.25, 0.3) is 0 Å². The Morgan fingerprint density at radius 2 is 1.90 bits per heavy atom. The Hall–Kier alpha value is -2.09. The summed E-state index contributed by atoms with van der Waals surface area (Å²) < 4.78 is 0. The molecule has 0 radical (unpaired) electrons.